The summed E-state index contributed by atoms with van der Waals surface area (Å²) >= 11 is 0. The summed E-state index contributed by atoms with van der Waals surface area (Å²) in [5, 5.41) is 11.9. The van der Waals surface area contributed by atoms with Crippen molar-refractivity contribution in [3.8, 4) is 5.75 Å². The van der Waals surface area contributed by atoms with Gasteiger partial charge in [-0.05, 0) is 63.2 Å². The summed E-state index contributed by atoms with van der Waals surface area (Å²) in [6.45, 7) is 2.07. The van der Waals surface area contributed by atoms with Crippen LogP contribution in [-0.4, -0.2) is 18.2 Å². The minimum Gasteiger partial charge on any atom is -0.496 e. The number of allylic oxidation sites excluding steroid dienone is 2. The van der Waals surface area contributed by atoms with Crippen LogP contribution in [0.4, 0.5) is 0 Å². The molecule has 0 aliphatic heterocycles. The number of hydrogen-bond acceptors (Lipinski definition) is 2. The van der Waals surface area contributed by atoms with Gasteiger partial charge in [-0.25, -0.2) is 0 Å². The Hall–Kier alpha value is -3.33. The van der Waals surface area contributed by atoms with Gasteiger partial charge in [-0.3, -0.25) is 4.79 Å². The van der Waals surface area contributed by atoms with Crippen molar-refractivity contribution in [1.29, 1.82) is 0 Å². The first kappa shape index (κ1) is 18.1. The molecule has 0 heterocycles. The lowest BCUT2D eigenvalue weighted by Crippen LogP contribution is -1.99. The molecule has 0 amide bonds. The van der Waals surface area contributed by atoms with Crippen LogP contribution in [0.25, 0.3) is 28.0 Å². The van der Waals surface area contributed by atoms with Gasteiger partial charge in [0.2, 0.25) is 0 Å². The van der Waals surface area contributed by atoms with Crippen molar-refractivity contribution in [3.05, 3.63) is 82.9 Å². The Labute approximate surface area is 164 Å². The van der Waals surface area contributed by atoms with E-state index in [1.807, 2.05) is 24.3 Å². The number of aliphatic carboxylic acids is 1. The van der Waals surface area contributed by atoms with Gasteiger partial charge in [0, 0.05) is 5.56 Å². The van der Waals surface area contributed by atoms with Crippen molar-refractivity contribution in [1.82, 2.24) is 0 Å². The monoisotopic (exact) mass is 370 g/mol. The molecule has 28 heavy (non-hydrogen) atoms. The lowest BCUT2D eigenvalue weighted by Gasteiger charge is -2.10. The van der Waals surface area contributed by atoms with Gasteiger partial charge in [0.15, 0.2) is 0 Å². The van der Waals surface area contributed by atoms with E-state index in [0.717, 1.165) is 45.6 Å². The highest BCUT2D eigenvalue weighted by molar-refractivity contribution is 6.09. The van der Waals surface area contributed by atoms with Crippen LogP contribution in [0, 0.1) is 0 Å². The van der Waals surface area contributed by atoms with E-state index in [1.54, 1.807) is 7.11 Å². The van der Waals surface area contributed by atoms with Crippen molar-refractivity contribution >= 4 is 34.0 Å². The van der Waals surface area contributed by atoms with Crippen molar-refractivity contribution in [3.63, 3.8) is 0 Å². The van der Waals surface area contributed by atoms with Crippen molar-refractivity contribution in [2.45, 2.75) is 19.8 Å². The number of fused-ring (bicyclic) bond motifs is 2. The van der Waals surface area contributed by atoms with E-state index in [1.165, 1.54) is 10.8 Å². The molecule has 0 aromatic heterocycles. The molecular weight excluding hydrogens is 348 g/mol. The van der Waals surface area contributed by atoms with Crippen LogP contribution in [0.2, 0.25) is 0 Å². The third kappa shape index (κ3) is 3.09. The van der Waals surface area contributed by atoms with Crippen molar-refractivity contribution in [2.75, 3.05) is 7.11 Å². The third-order valence-corrected chi connectivity index (χ3v) is 5.29. The maximum atomic E-state index is 11.5. The molecule has 0 unspecified atom stereocenters. The molecule has 0 saturated carbocycles. The lowest BCUT2D eigenvalue weighted by atomic mass is 9.97. The van der Waals surface area contributed by atoms with Crippen molar-refractivity contribution < 1.29 is 14.6 Å². The zero-order valence-electron chi connectivity index (χ0n) is 16.0. The number of rotatable bonds is 5. The molecule has 1 N–H and O–H groups in total. The van der Waals surface area contributed by atoms with Gasteiger partial charge in [-0.1, -0.05) is 55.5 Å². The van der Waals surface area contributed by atoms with Crippen LogP contribution in [0.15, 0.2) is 66.2 Å². The van der Waals surface area contributed by atoms with Gasteiger partial charge >= 0.3 is 5.97 Å². The van der Waals surface area contributed by atoms with Crippen LogP contribution >= 0.6 is 0 Å². The Morgan fingerprint density at radius 1 is 1.00 bits per heavy atom. The fourth-order valence-corrected chi connectivity index (χ4v) is 4.09. The van der Waals surface area contributed by atoms with Gasteiger partial charge in [-0.2, -0.15) is 0 Å². The van der Waals surface area contributed by atoms with E-state index in [0.29, 0.717) is 0 Å². The molecule has 0 atom stereocenters. The fraction of sp³-hybridized carbons (Fsp3) is 0.160. The molecule has 3 aromatic carbocycles. The van der Waals surface area contributed by atoms with E-state index in [4.69, 9.17) is 4.74 Å². The minimum atomic E-state index is -0.829. The van der Waals surface area contributed by atoms with Gasteiger partial charge in [0.1, 0.15) is 5.75 Å². The Morgan fingerprint density at radius 2 is 1.79 bits per heavy atom. The molecule has 0 saturated heterocycles. The zero-order chi connectivity index (χ0) is 19.7. The summed E-state index contributed by atoms with van der Waals surface area (Å²) in [6.07, 6.45) is 2.92. The van der Waals surface area contributed by atoms with Gasteiger partial charge < -0.3 is 9.84 Å². The Balaban J connectivity index is 1.93. The number of carboxylic acids is 1. The van der Waals surface area contributed by atoms with Gasteiger partial charge in [-0.15, -0.1) is 0 Å². The molecule has 140 valence electrons. The first-order chi connectivity index (χ1) is 13.6. The Bertz CT molecular complexity index is 1140. The predicted molar refractivity (Wildman–Crippen MR) is 114 cm³/mol. The number of methoxy groups -OCH3 is 1. The maximum Gasteiger partial charge on any atom is 0.307 e. The zero-order valence-corrected chi connectivity index (χ0v) is 16.0. The second-order valence-electron chi connectivity index (χ2n) is 6.93. The quantitative estimate of drug-likeness (QED) is 0.595. The maximum absolute atomic E-state index is 11.5. The summed E-state index contributed by atoms with van der Waals surface area (Å²) in [5.74, 6) is -0.105. The molecular formula is C25H22O3. The predicted octanol–water partition coefficient (Wildman–Crippen LogP) is 6.04. The lowest BCUT2D eigenvalue weighted by molar-refractivity contribution is -0.135. The van der Waals surface area contributed by atoms with Gasteiger partial charge in [0.05, 0.1) is 13.5 Å². The van der Waals surface area contributed by atoms with E-state index in [2.05, 4.69) is 49.4 Å². The highest BCUT2D eigenvalue weighted by atomic mass is 16.5. The SMILES string of the molecule is CCC1=C(CC(=O)O)c2c(OC)cccc2C1=Cc1ccc2ccccc2c1. The highest BCUT2D eigenvalue weighted by Gasteiger charge is 2.29. The number of hydrogen-bond donors (Lipinski definition) is 1. The van der Waals surface area contributed by atoms with Crippen LogP contribution in [0.1, 0.15) is 36.5 Å². The molecule has 3 aromatic rings. The number of ether oxygens (including phenoxy) is 1. The second-order valence-corrected chi connectivity index (χ2v) is 6.93. The molecule has 0 spiro atoms. The first-order valence-electron chi connectivity index (χ1n) is 9.44. The summed E-state index contributed by atoms with van der Waals surface area (Å²) in [4.78, 5) is 11.5. The smallest absolute Gasteiger partial charge is 0.307 e. The second kappa shape index (κ2) is 7.35. The van der Waals surface area contributed by atoms with Crippen LogP contribution < -0.4 is 4.74 Å². The average Bonchev–Trinajstić information content (AvgIpc) is 3.00. The molecule has 4 rings (SSSR count). The number of benzene rings is 3. The standard InChI is InChI=1S/C25H22O3/c1-3-19-21(14-16-11-12-17-7-4-5-8-18(17)13-16)20-9-6-10-23(28-2)25(20)22(19)15-24(26)27/h4-14H,3,15H2,1-2H3,(H,26,27). The molecule has 3 nitrogen and oxygen atoms in total. The topological polar surface area (TPSA) is 46.5 Å². The number of carboxylic acid groups (broad SMARTS) is 1. The summed E-state index contributed by atoms with van der Waals surface area (Å²) in [5.41, 5.74) is 6.08. The molecule has 1 aliphatic carbocycles. The van der Waals surface area contributed by atoms with E-state index in [-0.39, 0.29) is 6.42 Å². The highest BCUT2D eigenvalue weighted by Crippen LogP contribution is 2.48. The van der Waals surface area contributed by atoms with Crippen LogP contribution in [-0.2, 0) is 4.79 Å². The molecule has 0 bridgehead atoms. The minimum absolute atomic E-state index is 0.00833. The summed E-state index contributed by atoms with van der Waals surface area (Å²) in [6, 6.07) is 20.6. The van der Waals surface area contributed by atoms with E-state index in [9.17, 15) is 9.90 Å². The largest absolute Gasteiger partial charge is 0.496 e. The molecule has 1 aliphatic rings. The van der Waals surface area contributed by atoms with E-state index >= 15 is 0 Å². The number of carbonyl (C=O) groups is 1. The Kier molecular flexibility index (Phi) is 4.74. The van der Waals surface area contributed by atoms with Gasteiger partial charge in [0.25, 0.3) is 0 Å². The van der Waals surface area contributed by atoms with Crippen molar-refractivity contribution in [2.24, 2.45) is 0 Å². The first-order valence-corrected chi connectivity index (χ1v) is 9.44. The van der Waals surface area contributed by atoms with Crippen LogP contribution in [0.5, 0.6) is 5.75 Å². The normalized spacial score (nSPS) is 14.6. The summed E-state index contributed by atoms with van der Waals surface area (Å²) < 4.78 is 5.56. The molecule has 3 heteroatoms. The molecule has 0 radical (unpaired) electrons. The fourth-order valence-electron chi connectivity index (χ4n) is 4.09. The Morgan fingerprint density at radius 3 is 2.50 bits per heavy atom. The summed E-state index contributed by atoms with van der Waals surface area (Å²) in [7, 11) is 1.63. The third-order valence-electron chi connectivity index (χ3n) is 5.29. The van der Waals surface area contributed by atoms with Crippen LogP contribution in [0.3, 0.4) is 0 Å². The van der Waals surface area contributed by atoms with E-state index < -0.39 is 5.97 Å². The molecule has 0 fully saturated rings. The average molecular weight is 370 g/mol.